The maximum Gasteiger partial charge on any atom is 0.127 e. The first-order valence-electron chi connectivity index (χ1n) is 8.12. The van der Waals surface area contributed by atoms with Crippen molar-refractivity contribution < 1.29 is 14.6 Å². The van der Waals surface area contributed by atoms with Gasteiger partial charge in [0, 0.05) is 37.8 Å². The lowest BCUT2D eigenvalue weighted by atomic mass is 10.0. The average molecular weight is 308 g/mol. The molecule has 2 rings (SSSR count). The Bertz CT molecular complexity index is 459. The molecule has 1 aliphatic rings. The third-order valence-corrected chi connectivity index (χ3v) is 4.11. The molecule has 1 aliphatic heterocycles. The summed E-state index contributed by atoms with van der Waals surface area (Å²) < 4.78 is 11.3. The standard InChI is InChI=1S/C17H28N2O3/c1-4-21-14-6-7-15(17(12-14)22-5-2)16(13-20)19-10-8-18(3)9-11-19/h6-7,12,16,20H,4-5,8-11,13H2,1-3H3. The molecule has 1 N–H and O–H groups in total. The zero-order valence-electron chi connectivity index (χ0n) is 13.9. The molecule has 1 heterocycles. The van der Waals surface area contributed by atoms with E-state index < -0.39 is 0 Å². The molecular weight excluding hydrogens is 280 g/mol. The van der Waals surface area contributed by atoms with Crippen molar-refractivity contribution in [2.45, 2.75) is 19.9 Å². The van der Waals surface area contributed by atoms with Crippen LogP contribution in [0.15, 0.2) is 18.2 Å². The van der Waals surface area contributed by atoms with Crippen molar-refractivity contribution in [3.63, 3.8) is 0 Å². The second-order valence-electron chi connectivity index (χ2n) is 5.60. The van der Waals surface area contributed by atoms with Crippen molar-refractivity contribution >= 4 is 0 Å². The van der Waals surface area contributed by atoms with Gasteiger partial charge in [-0.15, -0.1) is 0 Å². The predicted molar refractivity (Wildman–Crippen MR) is 87.7 cm³/mol. The molecule has 0 aromatic heterocycles. The fourth-order valence-corrected chi connectivity index (χ4v) is 2.87. The molecule has 5 nitrogen and oxygen atoms in total. The lowest BCUT2D eigenvalue weighted by molar-refractivity contribution is 0.0731. The number of hydrogen-bond acceptors (Lipinski definition) is 5. The Labute approximate surface area is 133 Å². The average Bonchev–Trinajstić information content (AvgIpc) is 2.52. The smallest absolute Gasteiger partial charge is 0.127 e. The number of ether oxygens (including phenoxy) is 2. The number of aliphatic hydroxyl groups excluding tert-OH is 1. The molecule has 5 heteroatoms. The fraction of sp³-hybridized carbons (Fsp3) is 0.647. The molecule has 1 atom stereocenters. The third kappa shape index (κ3) is 4.12. The molecular formula is C17H28N2O3. The van der Waals surface area contributed by atoms with Gasteiger partial charge >= 0.3 is 0 Å². The highest BCUT2D eigenvalue weighted by atomic mass is 16.5. The highest BCUT2D eigenvalue weighted by Gasteiger charge is 2.26. The number of aliphatic hydroxyl groups is 1. The summed E-state index contributed by atoms with van der Waals surface area (Å²) in [5, 5.41) is 9.92. The monoisotopic (exact) mass is 308 g/mol. The first kappa shape index (κ1) is 17.1. The molecule has 1 fully saturated rings. The molecule has 0 radical (unpaired) electrons. The molecule has 1 unspecified atom stereocenters. The molecule has 0 bridgehead atoms. The summed E-state index contributed by atoms with van der Waals surface area (Å²) in [7, 11) is 2.13. The van der Waals surface area contributed by atoms with Gasteiger partial charge < -0.3 is 19.5 Å². The van der Waals surface area contributed by atoms with E-state index >= 15 is 0 Å². The van der Waals surface area contributed by atoms with Crippen LogP contribution in [0.2, 0.25) is 0 Å². The van der Waals surface area contributed by atoms with Gasteiger partial charge in [0.1, 0.15) is 11.5 Å². The van der Waals surface area contributed by atoms with Gasteiger partial charge in [0.15, 0.2) is 0 Å². The Morgan fingerprint density at radius 3 is 2.36 bits per heavy atom. The van der Waals surface area contributed by atoms with Crippen molar-refractivity contribution in [3.8, 4) is 11.5 Å². The van der Waals surface area contributed by atoms with Crippen LogP contribution in [0.1, 0.15) is 25.5 Å². The highest BCUT2D eigenvalue weighted by Crippen LogP contribution is 2.33. The second-order valence-corrected chi connectivity index (χ2v) is 5.60. The van der Waals surface area contributed by atoms with Crippen LogP contribution in [0.25, 0.3) is 0 Å². The summed E-state index contributed by atoms with van der Waals surface area (Å²) >= 11 is 0. The van der Waals surface area contributed by atoms with Crippen LogP contribution in [0.3, 0.4) is 0 Å². The molecule has 1 saturated heterocycles. The number of benzene rings is 1. The van der Waals surface area contributed by atoms with Crippen LogP contribution in [0.4, 0.5) is 0 Å². The van der Waals surface area contributed by atoms with E-state index in [2.05, 4.69) is 16.8 Å². The molecule has 1 aromatic carbocycles. The van der Waals surface area contributed by atoms with Crippen LogP contribution in [0, 0.1) is 0 Å². The maximum atomic E-state index is 9.92. The summed E-state index contributed by atoms with van der Waals surface area (Å²) in [5.41, 5.74) is 1.04. The number of piperazine rings is 1. The van der Waals surface area contributed by atoms with Crippen LogP contribution in [-0.4, -0.2) is 68.0 Å². The maximum absolute atomic E-state index is 9.92. The minimum absolute atomic E-state index is 0.0223. The second kappa shape index (κ2) is 8.36. The van der Waals surface area contributed by atoms with E-state index in [0.29, 0.717) is 13.2 Å². The minimum Gasteiger partial charge on any atom is -0.494 e. The Morgan fingerprint density at radius 1 is 1.09 bits per heavy atom. The number of hydrogen-bond donors (Lipinski definition) is 1. The van der Waals surface area contributed by atoms with E-state index in [9.17, 15) is 5.11 Å². The topological polar surface area (TPSA) is 45.2 Å². The molecule has 0 spiro atoms. The van der Waals surface area contributed by atoms with Crippen LogP contribution in [-0.2, 0) is 0 Å². The van der Waals surface area contributed by atoms with Gasteiger partial charge in [-0.25, -0.2) is 0 Å². The predicted octanol–water partition coefficient (Wildman–Crippen LogP) is 1.76. The summed E-state index contributed by atoms with van der Waals surface area (Å²) in [5.74, 6) is 1.62. The first-order chi connectivity index (χ1) is 10.7. The lowest BCUT2D eigenvalue weighted by Crippen LogP contribution is -2.46. The van der Waals surface area contributed by atoms with E-state index in [0.717, 1.165) is 43.2 Å². The normalized spacial score (nSPS) is 18.2. The molecule has 1 aromatic rings. The summed E-state index contributed by atoms with van der Waals surface area (Å²) in [6, 6.07) is 5.89. The van der Waals surface area contributed by atoms with Crippen LogP contribution < -0.4 is 9.47 Å². The van der Waals surface area contributed by atoms with Gasteiger partial charge in [0.05, 0.1) is 25.9 Å². The van der Waals surface area contributed by atoms with Crippen molar-refractivity contribution in [2.24, 2.45) is 0 Å². The Kier molecular flexibility index (Phi) is 6.49. The Hall–Kier alpha value is -1.30. The van der Waals surface area contributed by atoms with E-state index in [1.807, 2.05) is 32.0 Å². The van der Waals surface area contributed by atoms with Crippen LogP contribution >= 0.6 is 0 Å². The Morgan fingerprint density at radius 2 is 1.77 bits per heavy atom. The lowest BCUT2D eigenvalue weighted by Gasteiger charge is -2.37. The third-order valence-electron chi connectivity index (χ3n) is 4.11. The van der Waals surface area contributed by atoms with Crippen molar-refractivity contribution in [2.75, 3.05) is 53.0 Å². The van der Waals surface area contributed by atoms with Gasteiger partial charge in [-0.05, 0) is 33.0 Å². The van der Waals surface area contributed by atoms with Crippen molar-refractivity contribution in [3.05, 3.63) is 23.8 Å². The molecule has 0 saturated carbocycles. The largest absolute Gasteiger partial charge is 0.494 e. The highest BCUT2D eigenvalue weighted by molar-refractivity contribution is 5.42. The van der Waals surface area contributed by atoms with E-state index in [-0.39, 0.29) is 12.6 Å². The Balaban J connectivity index is 2.23. The minimum atomic E-state index is -0.0223. The van der Waals surface area contributed by atoms with Gasteiger partial charge in [0.25, 0.3) is 0 Å². The summed E-state index contributed by atoms with van der Waals surface area (Å²) in [6.45, 7) is 9.24. The van der Waals surface area contributed by atoms with E-state index in [1.165, 1.54) is 0 Å². The quantitative estimate of drug-likeness (QED) is 0.832. The molecule has 0 amide bonds. The van der Waals surface area contributed by atoms with Gasteiger partial charge in [0.2, 0.25) is 0 Å². The molecule has 124 valence electrons. The van der Waals surface area contributed by atoms with Crippen molar-refractivity contribution in [1.29, 1.82) is 0 Å². The van der Waals surface area contributed by atoms with Gasteiger partial charge in [-0.1, -0.05) is 0 Å². The first-order valence-corrected chi connectivity index (χ1v) is 8.12. The SMILES string of the molecule is CCOc1ccc(C(CO)N2CCN(C)CC2)c(OCC)c1. The van der Waals surface area contributed by atoms with Crippen molar-refractivity contribution in [1.82, 2.24) is 9.80 Å². The van der Waals surface area contributed by atoms with E-state index in [1.54, 1.807) is 0 Å². The fourth-order valence-electron chi connectivity index (χ4n) is 2.87. The van der Waals surface area contributed by atoms with Gasteiger partial charge in [-0.3, -0.25) is 4.90 Å². The zero-order valence-corrected chi connectivity index (χ0v) is 13.9. The number of rotatable bonds is 7. The molecule has 22 heavy (non-hydrogen) atoms. The number of likely N-dealkylation sites (N-methyl/N-ethyl adjacent to an activating group) is 1. The number of nitrogens with zero attached hydrogens (tertiary/aromatic N) is 2. The summed E-state index contributed by atoms with van der Waals surface area (Å²) in [4.78, 5) is 4.64. The van der Waals surface area contributed by atoms with Crippen LogP contribution in [0.5, 0.6) is 11.5 Å². The zero-order chi connectivity index (χ0) is 15.9. The van der Waals surface area contributed by atoms with Gasteiger partial charge in [-0.2, -0.15) is 0 Å². The summed E-state index contributed by atoms with van der Waals surface area (Å²) in [6.07, 6.45) is 0. The molecule has 0 aliphatic carbocycles. The van der Waals surface area contributed by atoms with E-state index in [4.69, 9.17) is 9.47 Å².